The van der Waals surface area contributed by atoms with Crippen molar-refractivity contribution in [3.8, 4) is 72.8 Å². The number of nitrogens with zero attached hydrogens (tertiary/aromatic N) is 3. The summed E-state index contributed by atoms with van der Waals surface area (Å²) in [5, 5.41) is 3.56. The maximum Gasteiger partial charge on any atom is 0.160 e. The van der Waals surface area contributed by atoms with Crippen molar-refractivity contribution in [3.63, 3.8) is 0 Å². The van der Waals surface area contributed by atoms with Crippen LogP contribution in [0.3, 0.4) is 0 Å². The first-order valence-corrected chi connectivity index (χ1v) is 21.8. The van der Waals surface area contributed by atoms with Crippen LogP contribution in [0.4, 0.5) is 0 Å². The summed E-state index contributed by atoms with van der Waals surface area (Å²) in [5.41, 5.74) is 16.6. The molecule has 12 rings (SSSR count). The molecule has 0 spiro atoms. The Hall–Kier alpha value is -7.92. The fraction of sp³-hybridized carbons (Fsp3) is 0. The first kappa shape index (κ1) is 36.0. The van der Waals surface area contributed by atoms with Crippen molar-refractivity contribution in [1.82, 2.24) is 14.5 Å². The van der Waals surface area contributed by atoms with Gasteiger partial charge in [-0.3, -0.25) is 0 Å². The van der Waals surface area contributed by atoms with Crippen molar-refractivity contribution in [2.75, 3.05) is 0 Å². The van der Waals surface area contributed by atoms with E-state index in [-0.39, 0.29) is 0 Å². The van der Waals surface area contributed by atoms with Crippen molar-refractivity contribution in [2.45, 2.75) is 0 Å². The van der Waals surface area contributed by atoms with Crippen molar-refractivity contribution < 1.29 is 0 Å². The second kappa shape index (κ2) is 15.0. The van der Waals surface area contributed by atoms with Crippen LogP contribution in [0.5, 0.6) is 0 Å². The predicted octanol–water partition coefficient (Wildman–Crippen LogP) is 15.9. The minimum atomic E-state index is 0.717. The lowest BCUT2D eigenvalue weighted by atomic mass is 9.91. The van der Waals surface area contributed by atoms with Crippen molar-refractivity contribution >= 4 is 53.4 Å². The number of benzene rings is 9. The first-order valence-electron chi connectivity index (χ1n) is 21.0. The van der Waals surface area contributed by atoms with Gasteiger partial charge in [0.25, 0.3) is 0 Å². The van der Waals surface area contributed by atoms with Crippen LogP contribution in [-0.4, -0.2) is 14.5 Å². The van der Waals surface area contributed by atoms with Gasteiger partial charge in [0.2, 0.25) is 0 Å². The molecule has 0 saturated carbocycles. The molecule has 62 heavy (non-hydrogen) atoms. The molecule has 0 bridgehead atoms. The summed E-state index contributed by atoms with van der Waals surface area (Å²) in [6.07, 6.45) is 0. The van der Waals surface area contributed by atoms with Gasteiger partial charge in [0, 0.05) is 43.1 Å². The molecule has 0 fully saturated rings. The summed E-state index contributed by atoms with van der Waals surface area (Å²) >= 11 is 1.76. The second-order valence-corrected chi connectivity index (χ2v) is 16.8. The van der Waals surface area contributed by atoms with E-state index in [1.54, 1.807) is 11.3 Å². The average Bonchev–Trinajstić information content (AvgIpc) is 3.89. The molecule has 290 valence electrons. The SMILES string of the molecule is c1ccc(-c2ccc3c(c2)c2cc(-c4ccccc4)ccc2n3-c2c(-c3ccccc3)cc(-c3nc(-c4ccccc4)nc4c3sc3ccccc34)cc2-c2ccccc2)cc1. The fourth-order valence-electron chi connectivity index (χ4n) is 9.08. The third-order valence-electron chi connectivity index (χ3n) is 12.0. The molecule has 3 aromatic heterocycles. The fourth-order valence-corrected chi connectivity index (χ4v) is 10.2. The van der Waals surface area contributed by atoms with Gasteiger partial charge in [0.05, 0.1) is 32.6 Å². The van der Waals surface area contributed by atoms with E-state index in [0.717, 1.165) is 71.4 Å². The standard InChI is InChI=1S/C58H37N3S/c1-6-18-38(19-7-1)43-30-32-51-49(34-43)50-35-44(39-20-8-2-9-21-39)31-33-52(50)61(51)56-47(40-22-10-3-11-23-40)36-45(37-48(56)41-24-12-4-13-25-41)54-57-55(46-28-16-17-29-53(46)62-57)60-58(59-54)42-26-14-5-15-27-42/h1-37H. The second-order valence-electron chi connectivity index (χ2n) is 15.7. The van der Waals surface area contributed by atoms with Crippen molar-refractivity contribution in [3.05, 3.63) is 224 Å². The number of hydrogen-bond acceptors (Lipinski definition) is 3. The summed E-state index contributed by atoms with van der Waals surface area (Å²) in [7, 11) is 0. The molecule has 0 aliphatic carbocycles. The summed E-state index contributed by atoms with van der Waals surface area (Å²) in [5.74, 6) is 0.717. The topological polar surface area (TPSA) is 30.7 Å². The van der Waals surface area contributed by atoms with Gasteiger partial charge in [-0.05, 0) is 75.8 Å². The van der Waals surface area contributed by atoms with Gasteiger partial charge in [-0.15, -0.1) is 11.3 Å². The highest BCUT2D eigenvalue weighted by molar-refractivity contribution is 7.26. The quantitative estimate of drug-likeness (QED) is 0.161. The van der Waals surface area contributed by atoms with Gasteiger partial charge in [-0.1, -0.05) is 182 Å². The summed E-state index contributed by atoms with van der Waals surface area (Å²) < 4.78 is 4.78. The number of rotatable bonds is 7. The highest BCUT2D eigenvalue weighted by Crippen LogP contribution is 2.47. The van der Waals surface area contributed by atoms with Crippen LogP contribution < -0.4 is 0 Å². The van der Waals surface area contributed by atoms with Gasteiger partial charge in [0.1, 0.15) is 0 Å². The molecule has 12 aromatic rings. The molecule has 0 radical (unpaired) electrons. The zero-order chi connectivity index (χ0) is 41.0. The molecule has 4 heteroatoms. The van der Waals surface area contributed by atoms with E-state index >= 15 is 0 Å². The van der Waals surface area contributed by atoms with Gasteiger partial charge in [-0.2, -0.15) is 0 Å². The van der Waals surface area contributed by atoms with Crippen LogP contribution in [0.2, 0.25) is 0 Å². The lowest BCUT2D eigenvalue weighted by molar-refractivity contribution is 1.18. The number of aromatic nitrogens is 3. The molecule has 0 atom stereocenters. The largest absolute Gasteiger partial charge is 0.308 e. The van der Waals surface area contributed by atoms with E-state index in [9.17, 15) is 0 Å². The van der Waals surface area contributed by atoms with Gasteiger partial charge in [-0.25, -0.2) is 9.97 Å². The Morgan fingerprint density at radius 2 is 0.790 bits per heavy atom. The molecule has 0 N–H and O–H groups in total. The number of hydrogen-bond donors (Lipinski definition) is 0. The maximum atomic E-state index is 5.47. The maximum absolute atomic E-state index is 5.47. The van der Waals surface area contributed by atoms with Crippen LogP contribution in [0, 0.1) is 0 Å². The minimum Gasteiger partial charge on any atom is -0.308 e. The average molecular weight is 808 g/mol. The summed E-state index contributed by atoms with van der Waals surface area (Å²) in [6, 6.07) is 80.7. The molecule has 3 heterocycles. The highest BCUT2D eigenvalue weighted by atomic mass is 32.1. The Kier molecular flexibility index (Phi) is 8.68. The van der Waals surface area contributed by atoms with Crippen LogP contribution >= 0.6 is 11.3 Å². The zero-order valence-corrected chi connectivity index (χ0v) is 34.4. The lowest BCUT2D eigenvalue weighted by Crippen LogP contribution is -2.02. The van der Waals surface area contributed by atoms with E-state index in [0.29, 0.717) is 5.82 Å². The molecular formula is C58H37N3S. The molecule has 0 amide bonds. The lowest BCUT2D eigenvalue weighted by Gasteiger charge is -2.21. The molecule has 0 unspecified atom stereocenters. The Labute approximate surface area is 363 Å². The monoisotopic (exact) mass is 807 g/mol. The van der Waals surface area contributed by atoms with E-state index in [1.807, 2.05) is 6.07 Å². The van der Waals surface area contributed by atoms with Crippen LogP contribution in [-0.2, 0) is 0 Å². The van der Waals surface area contributed by atoms with E-state index in [2.05, 4.69) is 223 Å². The molecule has 9 aromatic carbocycles. The summed E-state index contributed by atoms with van der Waals surface area (Å²) in [4.78, 5) is 10.7. The molecule has 0 aliphatic heterocycles. The molecule has 0 aliphatic rings. The predicted molar refractivity (Wildman–Crippen MR) is 262 cm³/mol. The highest BCUT2D eigenvalue weighted by Gasteiger charge is 2.24. The van der Waals surface area contributed by atoms with Gasteiger partial charge < -0.3 is 4.57 Å². The molecule has 3 nitrogen and oxygen atoms in total. The first-order chi connectivity index (χ1) is 30.7. The zero-order valence-electron chi connectivity index (χ0n) is 33.6. The smallest absolute Gasteiger partial charge is 0.160 e. The normalized spacial score (nSPS) is 11.5. The minimum absolute atomic E-state index is 0.717. The third kappa shape index (κ3) is 6.11. The third-order valence-corrected chi connectivity index (χ3v) is 13.2. The van der Waals surface area contributed by atoms with Crippen molar-refractivity contribution in [1.29, 1.82) is 0 Å². The van der Waals surface area contributed by atoms with Crippen molar-refractivity contribution in [2.24, 2.45) is 0 Å². The van der Waals surface area contributed by atoms with E-state index in [4.69, 9.17) is 9.97 Å². The Bertz CT molecular complexity index is 3440. The van der Waals surface area contributed by atoms with E-state index < -0.39 is 0 Å². The number of fused-ring (bicyclic) bond motifs is 6. The Balaban J connectivity index is 1.21. The molecule has 0 saturated heterocycles. The molecular weight excluding hydrogens is 771 g/mol. The number of thiophene rings is 1. The van der Waals surface area contributed by atoms with Crippen LogP contribution in [0.1, 0.15) is 0 Å². The Morgan fingerprint density at radius 1 is 0.339 bits per heavy atom. The van der Waals surface area contributed by atoms with Gasteiger partial charge in [0.15, 0.2) is 5.82 Å². The van der Waals surface area contributed by atoms with E-state index in [1.165, 1.54) is 37.7 Å². The van der Waals surface area contributed by atoms with Gasteiger partial charge >= 0.3 is 0 Å². The van der Waals surface area contributed by atoms with Crippen LogP contribution in [0.15, 0.2) is 224 Å². The van der Waals surface area contributed by atoms with Crippen LogP contribution in [0.25, 0.3) is 115 Å². The summed E-state index contributed by atoms with van der Waals surface area (Å²) in [6.45, 7) is 0. The Morgan fingerprint density at radius 3 is 1.31 bits per heavy atom.